The van der Waals surface area contributed by atoms with Crippen LogP contribution in [-0.4, -0.2) is 12.3 Å². The number of aryl methyl sites for hydroxylation is 1. The van der Waals surface area contributed by atoms with E-state index < -0.39 is 0 Å². The third-order valence-corrected chi connectivity index (χ3v) is 19.2. The number of thiophene rings is 2. The predicted octanol–water partition coefficient (Wildman–Crippen LogP) is 16.2. The Morgan fingerprint density at radius 1 is 0.449 bits per heavy atom. The van der Waals surface area contributed by atoms with Crippen LogP contribution in [0.4, 0.5) is 45.5 Å². The van der Waals surface area contributed by atoms with E-state index in [1.165, 1.54) is 144 Å². The Hall–Kier alpha value is -7.12. The maximum atomic E-state index is 2.76. The van der Waals surface area contributed by atoms with Gasteiger partial charge in [0, 0.05) is 80.9 Å². The van der Waals surface area contributed by atoms with Gasteiger partial charge in [0.05, 0.1) is 15.9 Å². The van der Waals surface area contributed by atoms with Crippen molar-refractivity contribution in [1.82, 2.24) is 0 Å². The minimum absolute atomic E-state index is 0.0122. The van der Waals surface area contributed by atoms with E-state index in [9.17, 15) is 0 Å². The van der Waals surface area contributed by atoms with E-state index in [4.69, 9.17) is 0 Å². The Morgan fingerprint density at radius 2 is 1.13 bits per heavy atom. The summed E-state index contributed by atoms with van der Waals surface area (Å²) in [5.41, 5.74) is 19.3. The largest absolute Gasteiger partial charge is 0.334 e. The van der Waals surface area contributed by atoms with Crippen LogP contribution in [-0.2, 0) is 5.41 Å². The van der Waals surface area contributed by atoms with Crippen LogP contribution in [0.15, 0.2) is 188 Å². The average Bonchev–Trinajstić information content (AvgIpc) is 4.02. The molecule has 5 heterocycles. The summed E-state index contributed by atoms with van der Waals surface area (Å²) in [7, 11) is 0. The van der Waals surface area contributed by atoms with Crippen molar-refractivity contribution >= 4 is 132 Å². The van der Waals surface area contributed by atoms with Crippen LogP contribution in [0.2, 0.25) is 0 Å². The molecule has 0 saturated heterocycles. The third-order valence-electron chi connectivity index (χ3n) is 16.8. The van der Waals surface area contributed by atoms with E-state index in [2.05, 4.69) is 224 Å². The summed E-state index contributed by atoms with van der Waals surface area (Å²) in [6, 6.07) is 72.0. The van der Waals surface area contributed by atoms with Gasteiger partial charge in [0.1, 0.15) is 0 Å². The standard InChI is InChI=1S/C63H48BN3S2/c1-39-34-55-60-56(35-39)66(53-23-15-20-47-45-19-8-12-25-58(45)69-61(47)53)54-37-43(67-51-22-10-9-21-48(51)62(2)32-13-14-33-63(62,67)3)28-30-49(54)64(60)50-36-41(40-16-5-4-6-17-40)26-31-52(50)65(55)42-27-29-46-44-18-7-11-24-57(44)68-59(46)38-42/h4-12,15-31,34-38H,13-14,32-33H2,1-3H3. The summed E-state index contributed by atoms with van der Waals surface area (Å²) in [5, 5.41) is 5.27. The smallest absolute Gasteiger partial charge is 0.252 e. The minimum atomic E-state index is -0.0616. The fourth-order valence-corrected chi connectivity index (χ4v) is 15.8. The van der Waals surface area contributed by atoms with E-state index in [0.717, 1.165) is 6.42 Å². The zero-order valence-electron chi connectivity index (χ0n) is 39.0. The number of anilines is 8. The molecule has 4 aliphatic rings. The molecule has 6 heteroatoms. The Morgan fingerprint density at radius 3 is 1.99 bits per heavy atom. The fourth-order valence-electron chi connectivity index (χ4n) is 13.5. The van der Waals surface area contributed by atoms with Crippen molar-refractivity contribution in [2.45, 2.75) is 57.4 Å². The normalized spacial score (nSPS) is 19.0. The highest BCUT2D eigenvalue weighted by molar-refractivity contribution is 7.26. The molecule has 0 spiro atoms. The topological polar surface area (TPSA) is 9.72 Å². The number of hydrogen-bond acceptors (Lipinski definition) is 5. The molecule has 0 N–H and O–H groups in total. The summed E-state index contributed by atoms with van der Waals surface area (Å²) >= 11 is 3.81. The van der Waals surface area contributed by atoms with Crippen LogP contribution < -0.4 is 31.1 Å². The van der Waals surface area contributed by atoms with Gasteiger partial charge in [-0.1, -0.05) is 141 Å². The van der Waals surface area contributed by atoms with Crippen LogP contribution >= 0.6 is 22.7 Å². The van der Waals surface area contributed by atoms with Crippen molar-refractivity contribution < 1.29 is 0 Å². The van der Waals surface area contributed by atoms with Crippen LogP contribution in [0.5, 0.6) is 0 Å². The number of para-hydroxylation sites is 1. The van der Waals surface area contributed by atoms with Gasteiger partial charge >= 0.3 is 0 Å². The second-order valence-corrected chi connectivity index (χ2v) is 22.5. The summed E-state index contributed by atoms with van der Waals surface area (Å²) in [6.07, 6.45) is 4.87. The first-order chi connectivity index (χ1) is 33.9. The number of benzene rings is 9. The van der Waals surface area contributed by atoms with Gasteiger partial charge < -0.3 is 14.7 Å². The number of hydrogen-bond donors (Lipinski definition) is 0. The molecule has 0 bridgehead atoms. The highest BCUT2D eigenvalue weighted by Gasteiger charge is 2.57. The lowest BCUT2D eigenvalue weighted by atomic mass is 9.33. The van der Waals surface area contributed by atoms with Crippen molar-refractivity contribution in [1.29, 1.82) is 0 Å². The minimum Gasteiger partial charge on any atom is -0.334 e. The van der Waals surface area contributed by atoms with Crippen LogP contribution in [0.25, 0.3) is 51.5 Å². The van der Waals surface area contributed by atoms with E-state index >= 15 is 0 Å². The van der Waals surface area contributed by atoms with Crippen LogP contribution in [0.3, 0.4) is 0 Å². The zero-order chi connectivity index (χ0) is 45.8. The molecule has 11 aromatic rings. The first kappa shape index (κ1) is 39.8. The molecule has 1 fully saturated rings. The van der Waals surface area contributed by atoms with Crippen LogP contribution in [0.1, 0.15) is 50.7 Å². The molecular formula is C63H48BN3S2. The predicted molar refractivity (Wildman–Crippen MR) is 299 cm³/mol. The van der Waals surface area contributed by atoms with Gasteiger partial charge in [0.2, 0.25) is 0 Å². The lowest BCUT2D eigenvalue weighted by Crippen LogP contribution is -2.61. The molecule has 3 aliphatic heterocycles. The third kappa shape index (κ3) is 5.45. The molecular weight excluding hydrogens is 874 g/mol. The molecule has 2 aromatic heterocycles. The van der Waals surface area contributed by atoms with E-state index in [0.29, 0.717) is 0 Å². The van der Waals surface area contributed by atoms with E-state index in [1.54, 1.807) is 0 Å². The van der Waals surface area contributed by atoms with Crippen molar-refractivity contribution in [3.05, 3.63) is 199 Å². The second kappa shape index (κ2) is 14.5. The quantitative estimate of drug-likeness (QED) is 0.163. The first-order valence-electron chi connectivity index (χ1n) is 24.7. The molecule has 3 nitrogen and oxygen atoms in total. The van der Waals surface area contributed by atoms with Gasteiger partial charge in [-0.2, -0.15) is 0 Å². The second-order valence-electron chi connectivity index (χ2n) is 20.4. The monoisotopic (exact) mass is 921 g/mol. The van der Waals surface area contributed by atoms with Crippen molar-refractivity contribution in [2.75, 3.05) is 14.7 Å². The van der Waals surface area contributed by atoms with E-state index in [1.807, 2.05) is 22.7 Å². The molecule has 0 radical (unpaired) electrons. The lowest BCUT2D eigenvalue weighted by Gasteiger charge is -2.50. The Balaban J connectivity index is 1.03. The molecule has 1 saturated carbocycles. The maximum absolute atomic E-state index is 2.76. The molecule has 2 atom stereocenters. The van der Waals surface area contributed by atoms with Gasteiger partial charge in [0.15, 0.2) is 0 Å². The van der Waals surface area contributed by atoms with Crippen LogP contribution in [0, 0.1) is 6.92 Å². The molecule has 2 unspecified atom stereocenters. The Bertz CT molecular complexity index is 3960. The van der Waals surface area contributed by atoms with E-state index in [-0.39, 0.29) is 17.7 Å². The summed E-state index contributed by atoms with van der Waals surface area (Å²) < 4.78 is 5.27. The van der Waals surface area contributed by atoms with Crippen molar-refractivity contribution in [2.24, 2.45) is 0 Å². The highest BCUT2D eigenvalue weighted by Crippen LogP contribution is 2.61. The zero-order valence-corrected chi connectivity index (χ0v) is 40.6. The van der Waals surface area contributed by atoms with Gasteiger partial charge in [-0.25, -0.2) is 0 Å². The van der Waals surface area contributed by atoms with Gasteiger partial charge in [0.25, 0.3) is 6.71 Å². The SMILES string of the molecule is Cc1cc2c3c(c1)N(c1cccc4c1sc1ccccc14)c1cc(N4c5ccccc5C5(C)CCCCC45C)ccc1B3c1cc(-c3ccccc3)ccc1N2c1ccc2c(c1)sc1ccccc12. The highest BCUT2D eigenvalue weighted by atomic mass is 32.1. The number of nitrogens with zero attached hydrogens (tertiary/aromatic N) is 3. The van der Waals surface area contributed by atoms with Crippen molar-refractivity contribution in [3.63, 3.8) is 0 Å². The summed E-state index contributed by atoms with van der Waals surface area (Å²) in [4.78, 5) is 8.01. The fraction of sp³-hybridized carbons (Fsp3) is 0.143. The molecule has 69 heavy (non-hydrogen) atoms. The maximum Gasteiger partial charge on any atom is 0.252 e. The lowest BCUT2D eigenvalue weighted by molar-refractivity contribution is 0.195. The molecule has 1 aliphatic carbocycles. The average molecular weight is 922 g/mol. The summed E-state index contributed by atoms with van der Waals surface area (Å²) in [6.45, 7) is 7.39. The van der Waals surface area contributed by atoms with Gasteiger partial charge in [-0.3, -0.25) is 0 Å². The van der Waals surface area contributed by atoms with Gasteiger partial charge in [-0.05, 0) is 132 Å². The van der Waals surface area contributed by atoms with Crippen molar-refractivity contribution in [3.8, 4) is 11.1 Å². The Labute approximate surface area is 411 Å². The molecule has 9 aromatic carbocycles. The first-order valence-corrected chi connectivity index (χ1v) is 26.3. The van der Waals surface area contributed by atoms with Gasteiger partial charge in [-0.15, -0.1) is 22.7 Å². The molecule has 330 valence electrons. The summed E-state index contributed by atoms with van der Waals surface area (Å²) in [5.74, 6) is 0. The number of rotatable bonds is 4. The molecule has 15 rings (SSSR count). The Kier molecular flexibility index (Phi) is 8.35. The number of fused-ring (bicyclic) bond motifs is 13. The molecule has 0 amide bonds.